The molecular weight excluding hydrogens is 464 g/mol. The second kappa shape index (κ2) is 8.42. The molecule has 0 bridgehead atoms. The van der Waals surface area contributed by atoms with E-state index in [1.165, 1.54) is 0 Å². The Kier molecular flexibility index (Phi) is 5.21. The number of imidazole rings is 1. The number of aryl methyl sites for hydroxylation is 1. The molecule has 11 heteroatoms. The third-order valence-electron chi connectivity index (χ3n) is 6.85. The summed E-state index contributed by atoms with van der Waals surface area (Å²) in [6.45, 7) is 2.47. The van der Waals surface area contributed by atoms with E-state index in [1.807, 2.05) is 27.6 Å². The van der Waals surface area contributed by atoms with Crippen molar-refractivity contribution in [3.8, 4) is 11.3 Å². The summed E-state index contributed by atoms with van der Waals surface area (Å²) in [6, 6.07) is 7.56. The number of benzene rings is 1. The zero-order valence-corrected chi connectivity index (χ0v) is 20.0. The highest BCUT2D eigenvalue weighted by atomic mass is 32.1. The molecule has 0 radical (unpaired) electrons. The third kappa shape index (κ3) is 3.91. The number of nitrogens with one attached hydrogen (secondary N) is 1. The van der Waals surface area contributed by atoms with Crippen LogP contribution >= 0.6 is 11.5 Å². The second-order valence-electron chi connectivity index (χ2n) is 9.07. The van der Waals surface area contributed by atoms with Crippen molar-refractivity contribution >= 4 is 39.8 Å². The third-order valence-corrected chi connectivity index (χ3v) is 7.58. The van der Waals surface area contributed by atoms with Crippen LogP contribution in [0, 0.1) is 6.92 Å². The molecule has 5 heterocycles. The van der Waals surface area contributed by atoms with Gasteiger partial charge in [0.25, 0.3) is 5.91 Å². The number of nitrogens with two attached hydrogens (primary N) is 1. The van der Waals surface area contributed by atoms with E-state index in [0.717, 1.165) is 47.7 Å². The summed E-state index contributed by atoms with van der Waals surface area (Å²) in [7, 11) is 0. The molecule has 2 fully saturated rings. The lowest BCUT2D eigenvalue weighted by Gasteiger charge is -2.34. The van der Waals surface area contributed by atoms with Gasteiger partial charge in [0.1, 0.15) is 23.0 Å². The van der Waals surface area contributed by atoms with E-state index in [0.29, 0.717) is 47.0 Å². The average molecular weight is 489 g/mol. The number of carbonyl (C=O) groups is 2. The van der Waals surface area contributed by atoms with Gasteiger partial charge in [0.15, 0.2) is 0 Å². The lowest BCUT2D eigenvalue weighted by Crippen LogP contribution is -2.41. The van der Waals surface area contributed by atoms with Gasteiger partial charge in [-0.05, 0) is 38.3 Å². The minimum absolute atomic E-state index is 0.153. The van der Waals surface area contributed by atoms with Crippen molar-refractivity contribution < 1.29 is 9.59 Å². The molecule has 2 saturated heterocycles. The molecule has 0 aliphatic carbocycles. The number of piperidine rings is 1. The van der Waals surface area contributed by atoms with E-state index >= 15 is 0 Å². The average Bonchev–Trinajstić information content (AvgIpc) is 3.58. The van der Waals surface area contributed by atoms with Crippen LogP contribution < -0.4 is 11.1 Å². The summed E-state index contributed by atoms with van der Waals surface area (Å²) in [5.74, 6) is 2.06. The van der Waals surface area contributed by atoms with Gasteiger partial charge in [-0.2, -0.15) is 4.37 Å². The molecule has 0 spiro atoms. The van der Waals surface area contributed by atoms with Crippen LogP contribution in [0.3, 0.4) is 0 Å². The zero-order valence-electron chi connectivity index (χ0n) is 19.1. The molecule has 1 aromatic carbocycles. The molecule has 0 unspecified atom stereocenters. The van der Waals surface area contributed by atoms with Crippen molar-refractivity contribution in [1.82, 2.24) is 28.6 Å². The maximum atomic E-state index is 12.5. The van der Waals surface area contributed by atoms with Gasteiger partial charge in [-0.3, -0.25) is 19.3 Å². The Bertz CT molecular complexity index is 1440. The molecule has 6 rings (SSSR count). The molecule has 4 aromatic rings. The van der Waals surface area contributed by atoms with Crippen molar-refractivity contribution in [2.45, 2.75) is 44.6 Å². The van der Waals surface area contributed by atoms with Crippen LogP contribution in [0.15, 0.2) is 36.7 Å². The smallest absolute Gasteiger partial charge is 0.257 e. The predicted octanol–water partition coefficient (Wildman–Crippen LogP) is 3.26. The number of aromatic nitrogens is 5. The van der Waals surface area contributed by atoms with Crippen molar-refractivity contribution in [1.29, 1.82) is 0 Å². The minimum atomic E-state index is -0.250. The highest BCUT2D eigenvalue weighted by molar-refractivity contribution is 7.09. The molecule has 2 aliphatic rings. The monoisotopic (exact) mass is 488 g/mol. The first-order chi connectivity index (χ1) is 17.0. The molecule has 2 atom stereocenters. The number of carbonyl (C=O) groups excluding carboxylic acids is 2. The molecule has 35 heavy (non-hydrogen) atoms. The summed E-state index contributed by atoms with van der Waals surface area (Å²) in [5.41, 5.74) is 9.08. The topological polar surface area (TPSA) is 131 Å². The molecule has 2 aliphatic heterocycles. The Morgan fingerprint density at radius 3 is 2.77 bits per heavy atom. The van der Waals surface area contributed by atoms with Gasteiger partial charge >= 0.3 is 0 Å². The highest BCUT2D eigenvalue weighted by Crippen LogP contribution is 2.36. The SMILES string of the molecule is Cc1nsc(NC(=O)c2ccc(-c3cn4c([C@@H]5CC[C@H]6CCC(=O)N6C5)ncc4c(N)n3)cc2)n1. The molecule has 10 nitrogen and oxygen atoms in total. The summed E-state index contributed by atoms with van der Waals surface area (Å²) in [5, 5.41) is 3.23. The first-order valence-corrected chi connectivity index (χ1v) is 12.4. The number of rotatable bonds is 4. The number of anilines is 2. The number of hydrogen-bond donors (Lipinski definition) is 2. The Balaban J connectivity index is 1.27. The van der Waals surface area contributed by atoms with Gasteiger partial charge in [0, 0.05) is 53.8 Å². The number of nitrogens with zero attached hydrogens (tertiary/aromatic N) is 6. The second-order valence-corrected chi connectivity index (χ2v) is 9.83. The highest BCUT2D eigenvalue weighted by Gasteiger charge is 2.37. The van der Waals surface area contributed by atoms with Crippen LogP contribution in [0.25, 0.3) is 16.8 Å². The Labute approximate surface area is 205 Å². The Morgan fingerprint density at radius 1 is 1.17 bits per heavy atom. The van der Waals surface area contributed by atoms with Gasteiger partial charge in [-0.25, -0.2) is 15.0 Å². The summed E-state index contributed by atoms with van der Waals surface area (Å²) in [4.78, 5) is 40.3. The molecule has 3 N–H and O–H groups in total. The number of hydrogen-bond acceptors (Lipinski definition) is 8. The normalized spacial score (nSPS) is 19.8. The molecule has 3 aromatic heterocycles. The van der Waals surface area contributed by atoms with Gasteiger partial charge in [-0.15, -0.1) is 0 Å². The Morgan fingerprint density at radius 2 is 2.00 bits per heavy atom. The van der Waals surface area contributed by atoms with Gasteiger partial charge in [0.2, 0.25) is 11.0 Å². The number of fused-ring (bicyclic) bond motifs is 2. The van der Waals surface area contributed by atoms with Gasteiger partial charge in [0.05, 0.1) is 11.9 Å². The van der Waals surface area contributed by atoms with Crippen molar-refractivity contribution in [3.63, 3.8) is 0 Å². The Hall–Kier alpha value is -3.86. The van der Waals surface area contributed by atoms with Crippen LogP contribution in [0.1, 0.15) is 53.6 Å². The summed E-state index contributed by atoms with van der Waals surface area (Å²) < 4.78 is 6.08. The van der Waals surface area contributed by atoms with E-state index in [2.05, 4.69) is 24.6 Å². The van der Waals surface area contributed by atoms with Gasteiger partial charge in [-0.1, -0.05) is 12.1 Å². The fourth-order valence-electron chi connectivity index (χ4n) is 5.07. The van der Waals surface area contributed by atoms with E-state index in [-0.39, 0.29) is 17.7 Å². The van der Waals surface area contributed by atoms with Crippen LogP contribution in [0.2, 0.25) is 0 Å². The zero-order chi connectivity index (χ0) is 24.1. The van der Waals surface area contributed by atoms with E-state index in [1.54, 1.807) is 25.3 Å². The number of amides is 2. The maximum absolute atomic E-state index is 12.5. The van der Waals surface area contributed by atoms with Crippen molar-refractivity contribution in [3.05, 3.63) is 53.9 Å². The number of nitrogen functional groups attached to an aromatic ring is 1. The largest absolute Gasteiger partial charge is 0.382 e. The lowest BCUT2D eigenvalue weighted by molar-refractivity contribution is -0.130. The molecule has 2 amide bonds. The van der Waals surface area contributed by atoms with Crippen LogP contribution in [0.5, 0.6) is 0 Å². The van der Waals surface area contributed by atoms with E-state index in [9.17, 15) is 9.59 Å². The maximum Gasteiger partial charge on any atom is 0.257 e. The first-order valence-electron chi connectivity index (χ1n) is 11.6. The van der Waals surface area contributed by atoms with Crippen LogP contribution in [-0.2, 0) is 4.79 Å². The van der Waals surface area contributed by atoms with Gasteiger partial charge < -0.3 is 10.6 Å². The first kappa shape index (κ1) is 21.7. The van der Waals surface area contributed by atoms with Crippen molar-refractivity contribution in [2.24, 2.45) is 0 Å². The minimum Gasteiger partial charge on any atom is -0.382 e. The standard InChI is InChI=1S/C24H24N8O2S/c1-13-27-24(35-30-13)29-23(34)15-4-2-14(3-5-15)18-12-32-19(21(25)28-18)10-26-22(32)16-6-7-17-8-9-20(33)31(17)11-16/h2-5,10,12,16-17H,6-9,11H2,1H3,(H2,25,28)(H,27,29,30,34)/t16-,17+/m1/s1. The lowest BCUT2D eigenvalue weighted by atomic mass is 9.92. The summed E-state index contributed by atoms with van der Waals surface area (Å²) >= 11 is 1.15. The quantitative estimate of drug-likeness (QED) is 0.451. The fraction of sp³-hybridized carbons (Fsp3) is 0.333. The van der Waals surface area contributed by atoms with E-state index in [4.69, 9.17) is 5.73 Å². The predicted molar refractivity (Wildman–Crippen MR) is 132 cm³/mol. The molecule has 178 valence electrons. The van der Waals surface area contributed by atoms with Crippen LogP contribution in [-0.4, -0.2) is 53.0 Å². The van der Waals surface area contributed by atoms with Crippen LogP contribution in [0.4, 0.5) is 10.9 Å². The molecule has 0 saturated carbocycles. The summed E-state index contributed by atoms with van der Waals surface area (Å²) in [6.07, 6.45) is 7.29. The molecular formula is C24H24N8O2S. The van der Waals surface area contributed by atoms with Crippen molar-refractivity contribution in [2.75, 3.05) is 17.6 Å². The van der Waals surface area contributed by atoms with E-state index < -0.39 is 0 Å². The fourth-order valence-corrected chi connectivity index (χ4v) is 5.64.